The number of hydrogen-bond acceptors (Lipinski definition) is 3. The lowest BCUT2D eigenvalue weighted by Crippen LogP contribution is -2.29. The van der Waals surface area contributed by atoms with E-state index in [-0.39, 0.29) is 5.91 Å². The smallest absolute Gasteiger partial charge is 0.230 e. The third-order valence-corrected chi connectivity index (χ3v) is 4.64. The SMILES string of the molecule is CN(CCCNC(=O)CSc1ccc(Cl)cc1)c1ccccc1. The Kier molecular flexibility index (Phi) is 7.30. The van der Waals surface area contributed by atoms with Crippen LogP contribution in [0, 0.1) is 0 Å². The molecule has 0 unspecified atom stereocenters. The number of carbonyl (C=O) groups is 1. The molecular weight excluding hydrogens is 328 g/mol. The summed E-state index contributed by atoms with van der Waals surface area (Å²) in [6.07, 6.45) is 0.919. The molecule has 0 bridgehead atoms. The van der Waals surface area contributed by atoms with Gasteiger partial charge in [0.2, 0.25) is 5.91 Å². The summed E-state index contributed by atoms with van der Waals surface area (Å²) in [5.74, 6) is 0.489. The largest absolute Gasteiger partial charge is 0.375 e. The molecule has 0 saturated carbocycles. The molecule has 1 amide bonds. The average Bonchev–Trinajstić information content (AvgIpc) is 2.59. The zero-order valence-electron chi connectivity index (χ0n) is 13.2. The molecule has 0 atom stereocenters. The van der Waals surface area contributed by atoms with Crippen LogP contribution in [0.15, 0.2) is 59.5 Å². The Bertz CT molecular complexity index is 604. The average molecular weight is 349 g/mol. The van der Waals surface area contributed by atoms with Crippen molar-refractivity contribution in [3.63, 3.8) is 0 Å². The first kappa shape index (κ1) is 17.7. The number of anilines is 1. The molecule has 5 heteroatoms. The Hall–Kier alpha value is -1.65. The second kappa shape index (κ2) is 9.48. The van der Waals surface area contributed by atoms with Gasteiger partial charge in [-0.1, -0.05) is 29.8 Å². The van der Waals surface area contributed by atoms with Gasteiger partial charge in [0.05, 0.1) is 5.75 Å². The zero-order chi connectivity index (χ0) is 16.5. The van der Waals surface area contributed by atoms with Crippen LogP contribution in [-0.2, 0) is 4.79 Å². The first-order chi connectivity index (χ1) is 11.1. The van der Waals surface area contributed by atoms with E-state index in [4.69, 9.17) is 11.6 Å². The number of halogens is 1. The van der Waals surface area contributed by atoms with Crippen LogP contribution in [0.1, 0.15) is 6.42 Å². The molecular formula is C18H21ClN2OS. The summed E-state index contributed by atoms with van der Waals surface area (Å²) in [5, 5.41) is 3.67. The number of para-hydroxylation sites is 1. The fraction of sp³-hybridized carbons (Fsp3) is 0.278. The van der Waals surface area contributed by atoms with Gasteiger partial charge < -0.3 is 10.2 Å². The highest BCUT2D eigenvalue weighted by Crippen LogP contribution is 2.19. The summed E-state index contributed by atoms with van der Waals surface area (Å²) < 4.78 is 0. The molecule has 0 saturated heterocycles. The Balaban J connectivity index is 1.60. The van der Waals surface area contributed by atoms with Crippen LogP contribution >= 0.6 is 23.4 Å². The van der Waals surface area contributed by atoms with Gasteiger partial charge in [0.25, 0.3) is 0 Å². The lowest BCUT2D eigenvalue weighted by Gasteiger charge is -2.19. The molecule has 0 aliphatic rings. The summed E-state index contributed by atoms with van der Waals surface area (Å²) >= 11 is 7.35. The number of amides is 1. The number of carbonyl (C=O) groups excluding carboxylic acids is 1. The maximum atomic E-state index is 11.8. The van der Waals surface area contributed by atoms with Crippen LogP contribution in [0.2, 0.25) is 5.02 Å². The number of rotatable bonds is 8. The van der Waals surface area contributed by atoms with Gasteiger partial charge in [-0.25, -0.2) is 0 Å². The van der Waals surface area contributed by atoms with Crippen molar-refractivity contribution < 1.29 is 4.79 Å². The van der Waals surface area contributed by atoms with E-state index in [1.807, 2.05) is 42.5 Å². The minimum Gasteiger partial charge on any atom is -0.375 e. The highest BCUT2D eigenvalue weighted by atomic mass is 35.5. The normalized spacial score (nSPS) is 10.3. The Morgan fingerprint density at radius 3 is 2.52 bits per heavy atom. The molecule has 2 rings (SSSR count). The minimum atomic E-state index is 0.0623. The van der Waals surface area contributed by atoms with Gasteiger partial charge in [0.15, 0.2) is 0 Å². The van der Waals surface area contributed by atoms with Crippen molar-refractivity contribution in [1.82, 2.24) is 5.32 Å². The number of hydrogen-bond donors (Lipinski definition) is 1. The molecule has 0 fully saturated rings. The topological polar surface area (TPSA) is 32.3 Å². The fourth-order valence-corrected chi connectivity index (χ4v) is 2.94. The van der Waals surface area contributed by atoms with Crippen LogP contribution in [-0.4, -0.2) is 31.8 Å². The molecule has 122 valence electrons. The van der Waals surface area contributed by atoms with E-state index in [0.717, 1.165) is 17.9 Å². The predicted octanol–water partition coefficient (Wildman–Crippen LogP) is 4.07. The van der Waals surface area contributed by atoms with Crippen molar-refractivity contribution in [2.45, 2.75) is 11.3 Å². The molecule has 0 spiro atoms. The lowest BCUT2D eigenvalue weighted by molar-refractivity contribution is -0.118. The minimum absolute atomic E-state index is 0.0623. The van der Waals surface area contributed by atoms with E-state index in [9.17, 15) is 4.79 Å². The molecule has 2 aromatic rings. The second-order valence-electron chi connectivity index (χ2n) is 5.20. The lowest BCUT2D eigenvalue weighted by atomic mass is 10.3. The van der Waals surface area contributed by atoms with E-state index < -0.39 is 0 Å². The van der Waals surface area contributed by atoms with Gasteiger partial charge >= 0.3 is 0 Å². The van der Waals surface area contributed by atoms with E-state index in [2.05, 4.69) is 29.4 Å². The fourth-order valence-electron chi connectivity index (χ4n) is 2.09. The molecule has 0 aliphatic carbocycles. The third-order valence-electron chi connectivity index (χ3n) is 3.37. The molecule has 0 heterocycles. The number of benzene rings is 2. The number of nitrogens with zero attached hydrogens (tertiary/aromatic N) is 1. The van der Waals surface area contributed by atoms with E-state index >= 15 is 0 Å². The maximum Gasteiger partial charge on any atom is 0.230 e. The van der Waals surface area contributed by atoms with Crippen LogP contribution < -0.4 is 10.2 Å². The molecule has 0 aromatic heterocycles. The van der Waals surface area contributed by atoms with Crippen molar-refractivity contribution in [2.24, 2.45) is 0 Å². The van der Waals surface area contributed by atoms with Crippen LogP contribution in [0.4, 0.5) is 5.69 Å². The third kappa shape index (κ3) is 6.55. The van der Waals surface area contributed by atoms with E-state index in [1.54, 1.807) is 0 Å². The molecule has 0 aliphatic heterocycles. The highest BCUT2D eigenvalue weighted by Gasteiger charge is 2.03. The Labute approximate surface area is 147 Å². The second-order valence-corrected chi connectivity index (χ2v) is 6.69. The van der Waals surface area contributed by atoms with E-state index in [1.165, 1.54) is 17.4 Å². The molecule has 0 radical (unpaired) electrons. The van der Waals surface area contributed by atoms with Crippen LogP contribution in [0.25, 0.3) is 0 Å². The van der Waals surface area contributed by atoms with Gasteiger partial charge in [0, 0.05) is 35.7 Å². The van der Waals surface area contributed by atoms with Crippen molar-refractivity contribution in [1.29, 1.82) is 0 Å². The van der Waals surface area contributed by atoms with E-state index in [0.29, 0.717) is 17.3 Å². The summed E-state index contributed by atoms with van der Waals surface area (Å²) in [4.78, 5) is 15.1. The first-order valence-corrected chi connectivity index (χ1v) is 8.93. The summed E-state index contributed by atoms with van der Waals surface area (Å²) in [6, 6.07) is 17.8. The quantitative estimate of drug-likeness (QED) is 0.576. The van der Waals surface area contributed by atoms with Crippen molar-refractivity contribution >= 4 is 35.0 Å². The Morgan fingerprint density at radius 1 is 1.13 bits per heavy atom. The molecule has 2 aromatic carbocycles. The van der Waals surface area contributed by atoms with Crippen LogP contribution in [0.3, 0.4) is 0 Å². The first-order valence-electron chi connectivity index (χ1n) is 7.56. The maximum absolute atomic E-state index is 11.8. The van der Waals surface area contributed by atoms with Gasteiger partial charge in [-0.2, -0.15) is 0 Å². The van der Waals surface area contributed by atoms with Gasteiger partial charge in [-0.15, -0.1) is 11.8 Å². The monoisotopic (exact) mass is 348 g/mol. The molecule has 23 heavy (non-hydrogen) atoms. The predicted molar refractivity (Wildman–Crippen MR) is 99.5 cm³/mol. The van der Waals surface area contributed by atoms with Gasteiger partial charge in [0.1, 0.15) is 0 Å². The Morgan fingerprint density at radius 2 is 1.83 bits per heavy atom. The summed E-state index contributed by atoms with van der Waals surface area (Å²) in [5.41, 5.74) is 1.19. The zero-order valence-corrected chi connectivity index (χ0v) is 14.7. The molecule has 1 N–H and O–H groups in total. The van der Waals surface area contributed by atoms with Gasteiger partial charge in [-0.05, 0) is 42.8 Å². The number of thioether (sulfide) groups is 1. The van der Waals surface area contributed by atoms with Crippen molar-refractivity contribution in [3.05, 3.63) is 59.6 Å². The number of nitrogens with one attached hydrogen (secondary N) is 1. The highest BCUT2D eigenvalue weighted by molar-refractivity contribution is 8.00. The van der Waals surface area contributed by atoms with Gasteiger partial charge in [-0.3, -0.25) is 4.79 Å². The van der Waals surface area contributed by atoms with Crippen molar-refractivity contribution in [2.75, 3.05) is 30.8 Å². The van der Waals surface area contributed by atoms with Crippen LogP contribution in [0.5, 0.6) is 0 Å². The summed E-state index contributed by atoms with van der Waals surface area (Å²) in [7, 11) is 2.06. The molecule has 3 nitrogen and oxygen atoms in total. The summed E-state index contributed by atoms with van der Waals surface area (Å²) in [6.45, 7) is 1.60. The standard InChI is InChI=1S/C18H21ClN2OS/c1-21(16-6-3-2-4-7-16)13-5-12-20-18(22)14-23-17-10-8-15(19)9-11-17/h2-4,6-11H,5,12-14H2,1H3,(H,20,22). The van der Waals surface area contributed by atoms with Crippen molar-refractivity contribution in [3.8, 4) is 0 Å².